The Morgan fingerprint density at radius 2 is 1.92 bits per heavy atom. The molecule has 0 amide bonds. The first-order chi connectivity index (χ1) is 11.7. The van der Waals surface area contributed by atoms with Crippen molar-refractivity contribution >= 4 is 21.6 Å². The molecule has 0 aliphatic carbocycles. The number of benzene rings is 1. The van der Waals surface area contributed by atoms with Crippen LogP contribution in [0.1, 0.15) is 5.69 Å². The quantitative estimate of drug-likeness (QED) is 0.573. The molecule has 0 fully saturated rings. The van der Waals surface area contributed by atoms with Gasteiger partial charge in [-0.3, -0.25) is 14.3 Å². The molecule has 3 aromatic heterocycles. The first-order valence-corrected chi connectivity index (χ1v) is 8.23. The van der Waals surface area contributed by atoms with Gasteiger partial charge >= 0.3 is 0 Å². The van der Waals surface area contributed by atoms with Gasteiger partial charge in [-0.05, 0) is 29.8 Å². The van der Waals surface area contributed by atoms with Crippen LogP contribution in [0.2, 0.25) is 0 Å². The van der Waals surface area contributed by atoms with Gasteiger partial charge < -0.3 is 0 Å². The second-order valence-electron chi connectivity index (χ2n) is 5.34. The van der Waals surface area contributed by atoms with Crippen molar-refractivity contribution in [1.29, 1.82) is 0 Å². The minimum atomic E-state index is -0.302. The van der Waals surface area contributed by atoms with Crippen molar-refractivity contribution < 1.29 is 4.39 Å². The molecule has 6 heteroatoms. The average Bonchev–Trinajstić information content (AvgIpc) is 3.04. The van der Waals surface area contributed by atoms with E-state index in [1.54, 1.807) is 29.2 Å². The number of nitrogens with zero attached hydrogens (tertiary/aromatic N) is 3. The molecule has 0 aliphatic rings. The molecule has 3 heterocycles. The maximum absolute atomic E-state index is 13.1. The van der Waals surface area contributed by atoms with Crippen LogP contribution < -0.4 is 5.56 Å². The number of thiophene rings is 1. The number of fused-ring (bicyclic) bond motifs is 1. The molecule has 0 unspecified atom stereocenters. The minimum absolute atomic E-state index is 0.119. The Hall–Kier alpha value is -2.86. The van der Waals surface area contributed by atoms with Crippen molar-refractivity contribution in [3.8, 4) is 11.1 Å². The lowest BCUT2D eigenvalue weighted by Crippen LogP contribution is -2.21. The largest absolute Gasteiger partial charge is 0.293 e. The zero-order chi connectivity index (χ0) is 16.5. The second kappa shape index (κ2) is 5.98. The summed E-state index contributed by atoms with van der Waals surface area (Å²) < 4.78 is 14.7. The Balaban J connectivity index is 1.84. The first kappa shape index (κ1) is 14.7. The molecule has 24 heavy (non-hydrogen) atoms. The highest BCUT2D eigenvalue weighted by atomic mass is 32.1. The summed E-state index contributed by atoms with van der Waals surface area (Å²) in [5.41, 5.74) is 2.26. The number of halogens is 1. The molecule has 0 saturated heterocycles. The maximum atomic E-state index is 13.1. The Morgan fingerprint density at radius 1 is 1.08 bits per heavy atom. The van der Waals surface area contributed by atoms with E-state index in [-0.39, 0.29) is 11.4 Å². The van der Waals surface area contributed by atoms with E-state index < -0.39 is 0 Å². The van der Waals surface area contributed by atoms with Gasteiger partial charge in [0.05, 0.1) is 24.0 Å². The number of hydrogen-bond acceptors (Lipinski definition) is 4. The molecule has 4 rings (SSSR count). The van der Waals surface area contributed by atoms with Crippen LogP contribution in [0.25, 0.3) is 21.3 Å². The van der Waals surface area contributed by atoms with E-state index in [2.05, 4.69) is 9.97 Å². The van der Waals surface area contributed by atoms with Crippen LogP contribution in [0.15, 0.2) is 65.2 Å². The zero-order valence-corrected chi connectivity index (χ0v) is 13.3. The Morgan fingerprint density at radius 3 is 2.67 bits per heavy atom. The van der Waals surface area contributed by atoms with Gasteiger partial charge in [-0.1, -0.05) is 18.2 Å². The van der Waals surface area contributed by atoms with Gasteiger partial charge in [0, 0.05) is 17.1 Å². The zero-order valence-electron chi connectivity index (χ0n) is 12.5. The van der Waals surface area contributed by atoms with Gasteiger partial charge in [0.25, 0.3) is 5.56 Å². The Labute approximate surface area is 140 Å². The molecule has 0 atom stereocenters. The van der Waals surface area contributed by atoms with E-state index in [9.17, 15) is 9.18 Å². The van der Waals surface area contributed by atoms with Gasteiger partial charge in [-0.25, -0.2) is 9.37 Å². The molecule has 0 radical (unpaired) electrons. The highest BCUT2D eigenvalue weighted by molar-refractivity contribution is 7.17. The van der Waals surface area contributed by atoms with E-state index in [0.29, 0.717) is 16.8 Å². The van der Waals surface area contributed by atoms with Crippen molar-refractivity contribution in [2.45, 2.75) is 6.54 Å². The van der Waals surface area contributed by atoms with Crippen LogP contribution in [-0.2, 0) is 6.54 Å². The lowest BCUT2D eigenvalue weighted by atomic mass is 10.1. The molecule has 0 aliphatic heterocycles. The van der Waals surface area contributed by atoms with Gasteiger partial charge in [-0.15, -0.1) is 11.3 Å². The minimum Gasteiger partial charge on any atom is -0.293 e. The van der Waals surface area contributed by atoms with Crippen LogP contribution in [0.4, 0.5) is 4.39 Å². The molecule has 0 N–H and O–H groups in total. The molecule has 0 saturated carbocycles. The molecule has 0 spiro atoms. The molecule has 1 aromatic carbocycles. The van der Waals surface area contributed by atoms with Crippen molar-refractivity contribution in [3.05, 3.63) is 82.2 Å². The van der Waals surface area contributed by atoms with Gasteiger partial charge in [0.1, 0.15) is 10.6 Å². The predicted molar refractivity (Wildman–Crippen MR) is 92.6 cm³/mol. The van der Waals surface area contributed by atoms with Crippen LogP contribution in [0, 0.1) is 5.82 Å². The first-order valence-electron chi connectivity index (χ1n) is 7.35. The summed E-state index contributed by atoms with van der Waals surface area (Å²) in [6.45, 7) is 0.362. The summed E-state index contributed by atoms with van der Waals surface area (Å²) in [5, 5.41) is 2.45. The summed E-state index contributed by atoms with van der Waals surface area (Å²) in [5.74, 6) is -0.302. The summed E-state index contributed by atoms with van der Waals surface area (Å²) in [7, 11) is 0. The smallest absolute Gasteiger partial charge is 0.263 e. The Kier molecular flexibility index (Phi) is 3.66. The van der Waals surface area contributed by atoms with E-state index in [4.69, 9.17) is 0 Å². The Bertz CT molecular complexity index is 1060. The van der Waals surface area contributed by atoms with Crippen molar-refractivity contribution in [2.75, 3.05) is 0 Å². The summed E-state index contributed by atoms with van der Waals surface area (Å²) in [6, 6.07) is 11.7. The van der Waals surface area contributed by atoms with Crippen molar-refractivity contribution in [2.24, 2.45) is 0 Å². The third-order valence-corrected chi connectivity index (χ3v) is 4.66. The van der Waals surface area contributed by atoms with Gasteiger partial charge in [0.15, 0.2) is 0 Å². The third-order valence-electron chi connectivity index (χ3n) is 3.77. The molecule has 118 valence electrons. The molecule has 0 bridgehead atoms. The normalized spacial score (nSPS) is 11.0. The summed E-state index contributed by atoms with van der Waals surface area (Å²) in [4.78, 5) is 22.2. The monoisotopic (exact) mass is 337 g/mol. The fraction of sp³-hybridized carbons (Fsp3) is 0.0556. The van der Waals surface area contributed by atoms with Crippen LogP contribution in [0.5, 0.6) is 0 Å². The highest BCUT2D eigenvalue weighted by Gasteiger charge is 2.13. The molecular formula is C18H12FN3OS. The lowest BCUT2D eigenvalue weighted by molar-refractivity contribution is 0.628. The second-order valence-corrected chi connectivity index (χ2v) is 6.19. The van der Waals surface area contributed by atoms with Crippen molar-refractivity contribution in [1.82, 2.24) is 14.5 Å². The predicted octanol–water partition coefficient (Wildman–Crippen LogP) is 3.71. The number of rotatable bonds is 3. The van der Waals surface area contributed by atoms with E-state index >= 15 is 0 Å². The standard InChI is InChI=1S/C18H12FN3OS/c19-13-6-4-12(5-7-13)15-10-24-17-16(15)18(23)22(11-21-17)9-14-3-1-2-8-20-14/h1-8,10-11H,9H2. The average molecular weight is 337 g/mol. The topological polar surface area (TPSA) is 47.8 Å². The fourth-order valence-corrected chi connectivity index (χ4v) is 3.49. The van der Waals surface area contributed by atoms with Gasteiger partial charge in [-0.2, -0.15) is 0 Å². The highest BCUT2D eigenvalue weighted by Crippen LogP contribution is 2.30. The summed E-state index contributed by atoms with van der Waals surface area (Å²) in [6.07, 6.45) is 3.24. The lowest BCUT2D eigenvalue weighted by Gasteiger charge is -2.06. The fourth-order valence-electron chi connectivity index (χ4n) is 2.59. The van der Waals surface area contributed by atoms with E-state index in [1.807, 2.05) is 23.6 Å². The van der Waals surface area contributed by atoms with Crippen LogP contribution in [-0.4, -0.2) is 14.5 Å². The van der Waals surface area contributed by atoms with Gasteiger partial charge in [0.2, 0.25) is 0 Å². The molecule has 4 nitrogen and oxygen atoms in total. The number of aromatic nitrogens is 3. The van der Waals surface area contributed by atoms with Crippen LogP contribution in [0.3, 0.4) is 0 Å². The SMILES string of the molecule is O=c1c2c(-c3ccc(F)cc3)csc2ncn1Cc1ccccn1. The third kappa shape index (κ3) is 2.61. The van der Waals surface area contributed by atoms with E-state index in [1.165, 1.54) is 23.5 Å². The molecule has 4 aromatic rings. The molecular weight excluding hydrogens is 325 g/mol. The van der Waals surface area contributed by atoms with Crippen LogP contribution >= 0.6 is 11.3 Å². The van der Waals surface area contributed by atoms with Crippen molar-refractivity contribution in [3.63, 3.8) is 0 Å². The number of hydrogen-bond donors (Lipinski definition) is 0. The summed E-state index contributed by atoms with van der Waals surface area (Å²) >= 11 is 1.41. The number of pyridine rings is 1. The maximum Gasteiger partial charge on any atom is 0.263 e. The van der Waals surface area contributed by atoms with E-state index in [0.717, 1.165) is 16.8 Å².